The van der Waals surface area contributed by atoms with Crippen LogP contribution in [0.2, 0.25) is 0 Å². The van der Waals surface area contributed by atoms with Crippen molar-refractivity contribution < 1.29 is 14.3 Å². The Hall–Kier alpha value is -3.06. The molecule has 7 heteroatoms. The van der Waals surface area contributed by atoms with Crippen LogP contribution in [0, 0.1) is 6.92 Å². The van der Waals surface area contributed by atoms with Crippen LogP contribution in [-0.4, -0.2) is 30.5 Å². The minimum absolute atomic E-state index is 0.138. The van der Waals surface area contributed by atoms with Crippen LogP contribution in [0.5, 0.6) is 5.75 Å². The van der Waals surface area contributed by atoms with Crippen molar-refractivity contribution in [2.75, 3.05) is 19.4 Å². The number of carbonyl (C=O) groups is 2. The van der Waals surface area contributed by atoms with Crippen LogP contribution in [-0.2, 0) is 11.3 Å². The van der Waals surface area contributed by atoms with Gasteiger partial charge in [-0.15, -0.1) is 0 Å². The molecule has 2 aromatic rings. The Morgan fingerprint density at radius 1 is 1.16 bits per heavy atom. The van der Waals surface area contributed by atoms with Crippen molar-refractivity contribution in [2.24, 2.45) is 5.84 Å². The first-order chi connectivity index (χ1) is 11.9. The molecule has 0 radical (unpaired) electrons. The predicted molar refractivity (Wildman–Crippen MR) is 95.7 cm³/mol. The summed E-state index contributed by atoms with van der Waals surface area (Å²) in [7, 11) is 1.43. The number of aryl methyl sites for hydroxylation is 1. The van der Waals surface area contributed by atoms with Crippen LogP contribution >= 0.6 is 0 Å². The van der Waals surface area contributed by atoms with Gasteiger partial charge in [0.2, 0.25) is 5.91 Å². The number of hydrogen-bond acceptors (Lipinski definition) is 5. The van der Waals surface area contributed by atoms with E-state index >= 15 is 0 Å². The summed E-state index contributed by atoms with van der Waals surface area (Å²) in [6.07, 6.45) is 0. The molecular weight excluding hydrogens is 320 g/mol. The first kappa shape index (κ1) is 18.3. The number of nitrogens with one attached hydrogen (secondary N) is 1. The van der Waals surface area contributed by atoms with E-state index in [1.54, 1.807) is 18.2 Å². The van der Waals surface area contributed by atoms with E-state index in [0.717, 1.165) is 16.1 Å². The molecule has 25 heavy (non-hydrogen) atoms. The Balaban J connectivity index is 1.96. The lowest BCUT2D eigenvalue weighted by molar-refractivity contribution is -0.122. The molecule has 0 saturated carbocycles. The molecule has 0 aliphatic heterocycles. The predicted octanol–water partition coefficient (Wildman–Crippen LogP) is 1.22. The summed E-state index contributed by atoms with van der Waals surface area (Å²) in [5.41, 5.74) is 8.31. The third-order valence-electron chi connectivity index (χ3n) is 3.68. The van der Waals surface area contributed by atoms with Gasteiger partial charge in [-0.2, -0.15) is 0 Å². The summed E-state index contributed by atoms with van der Waals surface area (Å²) in [6.45, 7) is 2.06. The van der Waals surface area contributed by atoms with E-state index in [1.165, 1.54) is 7.11 Å². The van der Waals surface area contributed by atoms with Crippen molar-refractivity contribution >= 4 is 17.5 Å². The second-order valence-corrected chi connectivity index (χ2v) is 5.62. The van der Waals surface area contributed by atoms with Gasteiger partial charge in [0.25, 0.3) is 5.91 Å². The zero-order valence-corrected chi connectivity index (χ0v) is 14.3. The molecule has 132 valence electrons. The maximum atomic E-state index is 12.5. The Bertz CT molecular complexity index is 759. The van der Waals surface area contributed by atoms with Gasteiger partial charge < -0.3 is 15.8 Å². The van der Waals surface area contributed by atoms with Gasteiger partial charge in [0.15, 0.2) is 0 Å². The fourth-order valence-corrected chi connectivity index (χ4v) is 2.28. The maximum absolute atomic E-state index is 12.5. The van der Waals surface area contributed by atoms with Gasteiger partial charge in [-0.25, -0.2) is 5.84 Å². The first-order valence-electron chi connectivity index (χ1n) is 7.73. The van der Waals surface area contributed by atoms with Crippen LogP contribution in [0.15, 0.2) is 42.5 Å². The Morgan fingerprint density at radius 2 is 1.84 bits per heavy atom. The molecule has 5 N–H and O–H groups in total. The minimum Gasteiger partial charge on any atom is -0.496 e. The normalized spacial score (nSPS) is 10.2. The summed E-state index contributed by atoms with van der Waals surface area (Å²) >= 11 is 0. The summed E-state index contributed by atoms with van der Waals surface area (Å²) in [5, 5.41) is 3.54. The van der Waals surface area contributed by atoms with Crippen molar-refractivity contribution in [1.82, 2.24) is 10.3 Å². The maximum Gasteiger partial charge on any atom is 0.274 e. The average Bonchev–Trinajstić information content (AvgIpc) is 2.60. The van der Waals surface area contributed by atoms with Crippen LogP contribution in [0.3, 0.4) is 0 Å². The molecule has 2 amide bonds. The number of nitrogens with zero attached hydrogens (tertiary/aromatic N) is 1. The molecule has 0 bridgehead atoms. The molecule has 0 aliphatic carbocycles. The number of benzene rings is 2. The number of anilines is 1. The summed E-state index contributed by atoms with van der Waals surface area (Å²) in [6, 6.07) is 12.6. The summed E-state index contributed by atoms with van der Waals surface area (Å²) < 4.78 is 5.13. The number of amides is 2. The first-order valence-corrected chi connectivity index (χ1v) is 7.73. The van der Waals surface area contributed by atoms with E-state index in [4.69, 9.17) is 16.3 Å². The standard InChI is InChI=1S/C18H22N4O3/c1-12-6-8-13(9-7-12)10-21-16(23)11-22(20)18(24)17-14(19)4-3-5-15(17)25-2/h3-9H,10-11,19-20H2,1-2H3,(H,21,23). The number of methoxy groups -OCH3 is 1. The molecule has 0 unspecified atom stereocenters. The van der Waals surface area contributed by atoms with E-state index in [2.05, 4.69) is 5.32 Å². The quantitative estimate of drug-likeness (QED) is 0.316. The van der Waals surface area contributed by atoms with Gasteiger partial charge in [0.05, 0.1) is 7.11 Å². The Kier molecular flexibility index (Phi) is 5.97. The van der Waals surface area contributed by atoms with E-state index < -0.39 is 5.91 Å². The minimum atomic E-state index is -0.583. The second kappa shape index (κ2) is 8.16. The third kappa shape index (κ3) is 4.71. The number of rotatable bonds is 6. The fourth-order valence-electron chi connectivity index (χ4n) is 2.28. The molecule has 0 saturated heterocycles. The van der Waals surface area contributed by atoms with Crippen LogP contribution in [0.4, 0.5) is 5.69 Å². The monoisotopic (exact) mass is 342 g/mol. The number of hydrogen-bond donors (Lipinski definition) is 3. The number of carbonyl (C=O) groups excluding carboxylic acids is 2. The third-order valence-corrected chi connectivity index (χ3v) is 3.68. The SMILES string of the molecule is COc1cccc(N)c1C(=O)N(N)CC(=O)NCc1ccc(C)cc1. The van der Waals surface area contributed by atoms with Gasteiger partial charge >= 0.3 is 0 Å². The van der Waals surface area contributed by atoms with E-state index in [-0.39, 0.29) is 23.7 Å². The molecule has 0 spiro atoms. The van der Waals surface area contributed by atoms with Crippen LogP contribution in [0.1, 0.15) is 21.5 Å². The van der Waals surface area contributed by atoms with Gasteiger partial charge in [-0.05, 0) is 24.6 Å². The lowest BCUT2D eigenvalue weighted by Crippen LogP contribution is -2.45. The molecule has 0 aliphatic rings. The molecule has 0 heterocycles. The number of hydrazine groups is 1. The van der Waals surface area contributed by atoms with Gasteiger partial charge in [-0.3, -0.25) is 14.6 Å². The highest BCUT2D eigenvalue weighted by Gasteiger charge is 2.21. The van der Waals surface area contributed by atoms with Gasteiger partial charge in [0.1, 0.15) is 17.9 Å². The summed E-state index contributed by atoms with van der Waals surface area (Å²) in [4.78, 5) is 24.5. The van der Waals surface area contributed by atoms with Crippen molar-refractivity contribution in [3.63, 3.8) is 0 Å². The molecule has 2 rings (SSSR count). The lowest BCUT2D eigenvalue weighted by atomic mass is 10.1. The highest BCUT2D eigenvalue weighted by Crippen LogP contribution is 2.24. The molecule has 0 atom stereocenters. The molecule has 0 fully saturated rings. The molecular formula is C18H22N4O3. The van der Waals surface area contributed by atoms with Crippen molar-refractivity contribution in [2.45, 2.75) is 13.5 Å². The molecule has 2 aromatic carbocycles. The van der Waals surface area contributed by atoms with Gasteiger partial charge in [-0.1, -0.05) is 35.9 Å². The lowest BCUT2D eigenvalue weighted by Gasteiger charge is -2.19. The number of ether oxygens (including phenoxy) is 1. The number of nitrogens with two attached hydrogens (primary N) is 2. The Morgan fingerprint density at radius 3 is 2.48 bits per heavy atom. The zero-order valence-electron chi connectivity index (χ0n) is 14.3. The topological polar surface area (TPSA) is 111 Å². The second-order valence-electron chi connectivity index (χ2n) is 5.62. The highest BCUT2D eigenvalue weighted by molar-refractivity contribution is 6.02. The van der Waals surface area contributed by atoms with Gasteiger partial charge in [0, 0.05) is 12.2 Å². The molecule has 7 nitrogen and oxygen atoms in total. The van der Waals surface area contributed by atoms with E-state index in [0.29, 0.717) is 12.3 Å². The molecule has 0 aromatic heterocycles. The highest BCUT2D eigenvalue weighted by atomic mass is 16.5. The van der Waals surface area contributed by atoms with Crippen LogP contribution in [0.25, 0.3) is 0 Å². The van der Waals surface area contributed by atoms with Crippen LogP contribution < -0.4 is 21.6 Å². The number of nitrogen functional groups attached to an aromatic ring is 1. The Labute approximate surface area is 146 Å². The van der Waals surface area contributed by atoms with Crippen molar-refractivity contribution in [3.8, 4) is 5.75 Å². The van der Waals surface area contributed by atoms with Crippen molar-refractivity contribution in [1.29, 1.82) is 0 Å². The smallest absolute Gasteiger partial charge is 0.274 e. The average molecular weight is 342 g/mol. The van der Waals surface area contributed by atoms with E-state index in [9.17, 15) is 9.59 Å². The zero-order chi connectivity index (χ0) is 18.4. The fraction of sp³-hybridized carbons (Fsp3) is 0.222. The van der Waals surface area contributed by atoms with Crippen molar-refractivity contribution in [3.05, 3.63) is 59.2 Å². The van der Waals surface area contributed by atoms with E-state index in [1.807, 2.05) is 31.2 Å². The largest absolute Gasteiger partial charge is 0.496 e. The summed E-state index contributed by atoms with van der Waals surface area (Å²) in [5.74, 6) is 5.10.